The molecule has 2 aromatic rings. The molecule has 0 fully saturated rings. The van der Waals surface area contributed by atoms with Gasteiger partial charge in [-0.25, -0.2) is 17.8 Å². The Morgan fingerprint density at radius 3 is 2.81 bits per heavy atom. The molecule has 16 heavy (non-hydrogen) atoms. The van der Waals surface area contributed by atoms with Crippen molar-refractivity contribution in [2.45, 2.75) is 4.90 Å². The number of hydrogen-bond acceptors (Lipinski definition) is 5. The zero-order valence-electron chi connectivity index (χ0n) is 7.79. The summed E-state index contributed by atoms with van der Waals surface area (Å²) < 4.78 is 42.1. The number of hydrogen-bond donors (Lipinski definition) is 1. The smallest absolute Gasteiger partial charge is 0.253 e. The summed E-state index contributed by atoms with van der Waals surface area (Å²) in [6.45, 7) is 0. The summed E-state index contributed by atoms with van der Waals surface area (Å²) in [6, 6.07) is 4.73. The fraction of sp³-hybridized carbons (Fsp3) is 0. The predicted octanol–water partition coefficient (Wildman–Crippen LogP) is 1.48. The molecule has 0 bridgehead atoms. The maximum absolute atomic E-state index is 12.9. The van der Waals surface area contributed by atoms with Gasteiger partial charge in [-0.05, 0) is 18.2 Å². The molecular weight excluding hydrogens is 253 g/mol. The topological polar surface area (TPSA) is 72.0 Å². The van der Waals surface area contributed by atoms with E-state index in [2.05, 4.69) is 14.1 Å². The minimum absolute atomic E-state index is 0.143. The number of rotatable bonds is 3. The monoisotopic (exact) mass is 259 g/mol. The van der Waals surface area contributed by atoms with Crippen molar-refractivity contribution in [3.8, 4) is 0 Å². The zero-order chi connectivity index (χ0) is 11.6. The third-order valence-electron chi connectivity index (χ3n) is 1.69. The summed E-state index contributed by atoms with van der Waals surface area (Å²) in [4.78, 5) is 3.52. The van der Waals surface area contributed by atoms with Crippen LogP contribution in [-0.4, -0.2) is 17.8 Å². The second-order valence-corrected chi connectivity index (χ2v) is 5.27. The summed E-state index contributed by atoms with van der Waals surface area (Å²) >= 11 is 0.904. The summed E-state index contributed by atoms with van der Waals surface area (Å²) in [7, 11) is -3.79. The minimum Gasteiger partial charge on any atom is -0.253 e. The van der Waals surface area contributed by atoms with Gasteiger partial charge in [-0.3, -0.25) is 4.72 Å². The first-order valence-corrected chi connectivity index (χ1v) is 6.39. The van der Waals surface area contributed by atoms with Gasteiger partial charge in [-0.15, -0.1) is 0 Å². The van der Waals surface area contributed by atoms with Crippen LogP contribution >= 0.6 is 11.5 Å². The van der Waals surface area contributed by atoms with Gasteiger partial charge in [-0.1, -0.05) is 6.07 Å². The molecule has 0 spiro atoms. The Kier molecular flexibility index (Phi) is 2.84. The molecule has 0 atom stereocenters. The standard InChI is InChI=1S/C8H6FN3O2S2/c9-6-2-1-3-7(4-6)16(13,14)12-8-10-5-11-15-8/h1-5H,(H,10,11,12). The van der Waals surface area contributed by atoms with Crippen LogP contribution in [0.1, 0.15) is 0 Å². The lowest BCUT2D eigenvalue weighted by molar-refractivity contribution is 0.595. The highest BCUT2D eigenvalue weighted by atomic mass is 32.2. The van der Waals surface area contributed by atoms with E-state index < -0.39 is 15.8 Å². The molecule has 8 heteroatoms. The van der Waals surface area contributed by atoms with Crippen LogP contribution in [0.3, 0.4) is 0 Å². The Hall–Kier alpha value is -1.54. The maximum Gasteiger partial charge on any atom is 0.263 e. The summed E-state index contributed by atoms with van der Waals surface area (Å²) in [5, 5.41) is 0.143. The van der Waals surface area contributed by atoms with Crippen molar-refractivity contribution in [1.82, 2.24) is 9.36 Å². The number of aromatic nitrogens is 2. The number of nitrogens with one attached hydrogen (secondary N) is 1. The molecule has 0 unspecified atom stereocenters. The third kappa shape index (κ3) is 2.34. The third-order valence-corrected chi connectivity index (χ3v) is 3.74. The molecule has 0 amide bonds. The lowest BCUT2D eigenvalue weighted by Crippen LogP contribution is -2.12. The Bertz CT molecular complexity index is 583. The number of benzene rings is 1. The van der Waals surface area contributed by atoms with E-state index in [4.69, 9.17) is 0 Å². The van der Waals surface area contributed by atoms with E-state index in [1.807, 2.05) is 0 Å². The zero-order valence-corrected chi connectivity index (χ0v) is 9.43. The molecule has 1 heterocycles. The van der Waals surface area contributed by atoms with Crippen LogP contribution in [0.25, 0.3) is 0 Å². The van der Waals surface area contributed by atoms with E-state index in [0.717, 1.165) is 17.6 Å². The van der Waals surface area contributed by atoms with Crippen molar-refractivity contribution in [3.63, 3.8) is 0 Å². The van der Waals surface area contributed by atoms with Gasteiger partial charge in [0, 0.05) is 11.5 Å². The molecular formula is C8H6FN3O2S2. The largest absolute Gasteiger partial charge is 0.263 e. The van der Waals surface area contributed by atoms with E-state index in [0.29, 0.717) is 0 Å². The summed E-state index contributed by atoms with van der Waals surface area (Å²) in [5.74, 6) is -0.611. The second-order valence-electron chi connectivity index (χ2n) is 2.81. The molecule has 1 aromatic heterocycles. The second kappa shape index (κ2) is 4.14. The molecule has 0 aliphatic heterocycles. The number of anilines is 1. The highest BCUT2D eigenvalue weighted by Gasteiger charge is 2.15. The molecule has 0 aliphatic carbocycles. The number of sulfonamides is 1. The molecule has 2 rings (SSSR count). The Balaban J connectivity index is 2.33. The average molecular weight is 259 g/mol. The minimum atomic E-state index is -3.79. The Morgan fingerprint density at radius 1 is 1.38 bits per heavy atom. The van der Waals surface area contributed by atoms with Gasteiger partial charge in [0.2, 0.25) is 5.13 Å². The van der Waals surface area contributed by atoms with Crippen LogP contribution in [0.15, 0.2) is 35.5 Å². The van der Waals surface area contributed by atoms with Crippen molar-refractivity contribution < 1.29 is 12.8 Å². The van der Waals surface area contributed by atoms with Crippen LogP contribution in [0.5, 0.6) is 0 Å². The van der Waals surface area contributed by atoms with Crippen LogP contribution in [0, 0.1) is 5.82 Å². The summed E-state index contributed by atoms with van der Waals surface area (Å²) in [5.41, 5.74) is 0. The first-order chi connectivity index (χ1) is 7.58. The highest BCUT2D eigenvalue weighted by Crippen LogP contribution is 2.16. The summed E-state index contributed by atoms with van der Waals surface area (Å²) in [6.07, 6.45) is 1.23. The van der Waals surface area contributed by atoms with Crippen LogP contribution in [0.4, 0.5) is 9.52 Å². The lowest BCUT2D eigenvalue weighted by atomic mass is 10.4. The van der Waals surface area contributed by atoms with E-state index in [-0.39, 0.29) is 10.0 Å². The van der Waals surface area contributed by atoms with Gasteiger partial charge >= 0.3 is 0 Å². The first-order valence-electron chi connectivity index (χ1n) is 4.13. The lowest BCUT2D eigenvalue weighted by Gasteiger charge is -2.03. The van der Waals surface area contributed by atoms with E-state index >= 15 is 0 Å². The molecule has 0 aliphatic rings. The van der Waals surface area contributed by atoms with Crippen LogP contribution in [0.2, 0.25) is 0 Å². The van der Waals surface area contributed by atoms with Gasteiger partial charge in [0.1, 0.15) is 12.1 Å². The fourth-order valence-electron chi connectivity index (χ4n) is 1.03. The number of nitrogens with zero attached hydrogens (tertiary/aromatic N) is 2. The van der Waals surface area contributed by atoms with Crippen molar-refractivity contribution in [1.29, 1.82) is 0 Å². The highest BCUT2D eigenvalue weighted by molar-refractivity contribution is 7.93. The molecule has 0 saturated heterocycles. The van der Waals surface area contributed by atoms with Crippen LogP contribution in [-0.2, 0) is 10.0 Å². The van der Waals surface area contributed by atoms with Crippen molar-refractivity contribution in [2.75, 3.05) is 4.72 Å². The first kappa shape index (κ1) is 11.0. The quantitative estimate of drug-likeness (QED) is 0.906. The van der Waals surface area contributed by atoms with E-state index in [9.17, 15) is 12.8 Å². The number of halogens is 1. The van der Waals surface area contributed by atoms with Gasteiger partial charge in [0.15, 0.2) is 0 Å². The Labute approximate surface area is 95.2 Å². The van der Waals surface area contributed by atoms with Crippen molar-refractivity contribution >= 4 is 26.7 Å². The molecule has 5 nitrogen and oxygen atoms in total. The molecule has 84 valence electrons. The van der Waals surface area contributed by atoms with E-state index in [1.165, 1.54) is 24.5 Å². The van der Waals surface area contributed by atoms with Crippen molar-refractivity contribution in [2.24, 2.45) is 0 Å². The average Bonchev–Trinajstić information content (AvgIpc) is 2.70. The molecule has 0 saturated carbocycles. The Morgan fingerprint density at radius 2 is 2.19 bits per heavy atom. The SMILES string of the molecule is O=S(=O)(Nc1ncns1)c1cccc(F)c1. The molecule has 1 aromatic carbocycles. The normalized spacial score (nSPS) is 11.3. The molecule has 1 N–H and O–H groups in total. The molecule has 0 radical (unpaired) electrons. The fourth-order valence-corrected chi connectivity index (χ4v) is 2.72. The van der Waals surface area contributed by atoms with Gasteiger partial charge < -0.3 is 0 Å². The van der Waals surface area contributed by atoms with Gasteiger partial charge in [0.05, 0.1) is 4.90 Å². The predicted molar refractivity (Wildman–Crippen MR) is 57.1 cm³/mol. The maximum atomic E-state index is 12.9. The van der Waals surface area contributed by atoms with Crippen molar-refractivity contribution in [3.05, 3.63) is 36.4 Å². The van der Waals surface area contributed by atoms with Gasteiger partial charge in [-0.2, -0.15) is 4.37 Å². The van der Waals surface area contributed by atoms with E-state index in [1.54, 1.807) is 0 Å². The van der Waals surface area contributed by atoms with Gasteiger partial charge in [0.25, 0.3) is 10.0 Å². The van der Waals surface area contributed by atoms with Crippen LogP contribution < -0.4 is 4.72 Å².